The lowest BCUT2D eigenvalue weighted by molar-refractivity contribution is -0.385. The Hall–Kier alpha value is -1.95. The van der Waals surface area contributed by atoms with Gasteiger partial charge in [-0.1, -0.05) is 13.0 Å². The number of carbonyl (C=O) groups is 1. The number of nitrogens with zero attached hydrogens (tertiary/aromatic N) is 2. The normalized spacial score (nSPS) is 19.0. The number of carbonyl (C=O) groups excluding carboxylic acids is 1. The van der Waals surface area contributed by atoms with E-state index in [1.807, 2.05) is 0 Å². The zero-order valence-corrected chi connectivity index (χ0v) is 11.7. The molecule has 0 unspecified atom stereocenters. The smallest absolute Gasteiger partial charge is 0.344 e. The van der Waals surface area contributed by atoms with Crippen LogP contribution in [0.2, 0.25) is 0 Å². The van der Waals surface area contributed by atoms with Crippen molar-refractivity contribution in [2.75, 3.05) is 20.2 Å². The lowest BCUT2D eigenvalue weighted by atomic mass is 10.1. The first-order valence-electron chi connectivity index (χ1n) is 6.59. The number of ether oxygens (including phenoxy) is 1. The molecule has 0 saturated carbocycles. The number of esters is 1. The highest BCUT2D eigenvalue weighted by Gasteiger charge is 2.23. The van der Waals surface area contributed by atoms with E-state index in [-0.39, 0.29) is 11.3 Å². The van der Waals surface area contributed by atoms with Crippen LogP contribution in [0.3, 0.4) is 0 Å². The molecule has 1 aliphatic heterocycles. The minimum atomic E-state index is -0.673. The Labute approximate surface area is 117 Å². The largest absolute Gasteiger partial charge is 0.465 e. The van der Waals surface area contributed by atoms with Crippen LogP contribution < -0.4 is 0 Å². The number of methoxy groups -OCH3 is 1. The molecule has 1 aromatic rings. The number of likely N-dealkylation sites (tertiary alicyclic amines) is 1. The predicted molar refractivity (Wildman–Crippen MR) is 73.5 cm³/mol. The second kappa shape index (κ2) is 6.00. The summed E-state index contributed by atoms with van der Waals surface area (Å²) in [5, 5.41) is 10.9. The Morgan fingerprint density at radius 1 is 1.55 bits per heavy atom. The van der Waals surface area contributed by atoms with Crippen LogP contribution in [0.15, 0.2) is 18.2 Å². The van der Waals surface area contributed by atoms with Gasteiger partial charge in [0, 0.05) is 19.2 Å². The molecule has 1 aliphatic rings. The molecule has 0 bridgehead atoms. The first-order valence-corrected chi connectivity index (χ1v) is 6.59. The van der Waals surface area contributed by atoms with Gasteiger partial charge >= 0.3 is 5.97 Å². The van der Waals surface area contributed by atoms with Crippen LogP contribution in [0, 0.1) is 16.0 Å². The molecular weight excluding hydrogens is 260 g/mol. The van der Waals surface area contributed by atoms with Gasteiger partial charge in [0.1, 0.15) is 5.56 Å². The van der Waals surface area contributed by atoms with E-state index in [0.29, 0.717) is 12.5 Å². The first kappa shape index (κ1) is 14.5. The third kappa shape index (κ3) is 3.14. The van der Waals surface area contributed by atoms with Gasteiger partial charge in [-0.2, -0.15) is 0 Å². The number of benzene rings is 1. The second-order valence-electron chi connectivity index (χ2n) is 5.23. The first-order chi connectivity index (χ1) is 9.51. The summed E-state index contributed by atoms with van der Waals surface area (Å²) in [6, 6.07) is 4.64. The number of nitro benzene ring substituents is 1. The summed E-state index contributed by atoms with van der Waals surface area (Å²) in [4.78, 5) is 24.3. The van der Waals surface area contributed by atoms with Crippen molar-refractivity contribution >= 4 is 11.7 Å². The van der Waals surface area contributed by atoms with E-state index in [9.17, 15) is 14.9 Å². The molecular formula is C14H18N2O4. The SMILES string of the molecule is COC(=O)c1cc(CN2CC[C@H](C)C2)ccc1[N+](=O)[O-]. The van der Waals surface area contributed by atoms with Gasteiger partial charge in [-0.15, -0.1) is 0 Å². The lowest BCUT2D eigenvalue weighted by Gasteiger charge is -2.15. The standard InChI is InChI=1S/C14H18N2O4/c1-10-5-6-15(8-10)9-11-3-4-13(16(18)19)12(7-11)14(17)20-2/h3-4,7,10H,5-6,8-9H2,1-2H3/t10-/m0/s1. The second-order valence-corrected chi connectivity index (χ2v) is 5.23. The van der Waals surface area contributed by atoms with Gasteiger partial charge in [0.2, 0.25) is 0 Å². The highest BCUT2D eigenvalue weighted by atomic mass is 16.6. The highest BCUT2D eigenvalue weighted by molar-refractivity contribution is 5.94. The van der Waals surface area contributed by atoms with E-state index >= 15 is 0 Å². The number of hydrogen-bond acceptors (Lipinski definition) is 5. The van der Waals surface area contributed by atoms with Crippen molar-refractivity contribution in [2.45, 2.75) is 19.9 Å². The Bertz CT molecular complexity index is 530. The molecule has 1 heterocycles. The summed E-state index contributed by atoms with van der Waals surface area (Å²) < 4.78 is 4.61. The molecule has 0 N–H and O–H groups in total. The fraction of sp³-hybridized carbons (Fsp3) is 0.500. The van der Waals surface area contributed by atoms with Crippen molar-refractivity contribution in [3.8, 4) is 0 Å². The van der Waals surface area contributed by atoms with Gasteiger partial charge < -0.3 is 4.74 Å². The van der Waals surface area contributed by atoms with Crippen LogP contribution in [0.4, 0.5) is 5.69 Å². The summed E-state index contributed by atoms with van der Waals surface area (Å²) in [5.41, 5.74) is 0.697. The van der Waals surface area contributed by atoms with Crippen molar-refractivity contribution in [1.29, 1.82) is 0 Å². The maximum absolute atomic E-state index is 11.6. The summed E-state index contributed by atoms with van der Waals surface area (Å²) in [7, 11) is 1.22. The van der Waals surface area contributed by atoms with E-state index in [1.165, 1.54) is 13.2 Å². The van der Waals surface area contributed by atoms with Crippen LogP contribution in [-0.2, 0) is 11.3 Å². The van der Waals surface area contributed by atoms with E-state index in [0.717, 1.165) is 25.1 Å². The fourth-order valence-corrected chi connectivity index (χ4v) is 2.54. The summed E-state index contributed by atoms with van der Waals surface area (Å²) in [6.45, 7) is 4.94. The van der Waals surface area contributed by atoms with Crippen molar-refractivity contribution in [1.82, 2.24) is 4.90 Å². The molecule has 0 amide bonds. The van der Waals surface area contributed by atoms with Crippen LogP contribution >= 0.6 is 0 Å². The van der Waals surface area contributed by atoms with Gasteiger partial charge in [0.25, 0.3) is 5.69 Å². The maximum Gasteiger partial charge on any atom is 0.344 e. The molecule has 20 heavy (non-hydrogen) atoms. The third-order valence-electron chi connectivity index (χ3n) is 3.58. The Morgan fingerprint density at radius 2 is 2.30 bits per heavy atom. The van der Waals surface area contributed by atoms with Gasteiger partial charge in [-0.05, 0) is 30.5 Å². The average Bonchev–Trinajstić information content (AvgIpc) is 2.82. The fourth-order valence-electron chi connectivity index (χ4n) is 2.54. The minimum absolute atomic E-state index is 0.0160. The molecule has 0 spiro atoms. The highest BCUT2D eigenvalue weighted by Crippen LogP contribution is 2.23. The molecule has 0 radical (unpaired) electrons. The summed E-state index contributed by atoms with van der Waals surface area (Å²) in [6.07, 6.45) is 1.16. The van der Waals surface area contributed by atoms with Crippen LogP contribution in [0.5, 0.6) is 0 Å². The van der Waals surface area contributed by atoms with Crippen molar-refractivity contribution in [3.05, 3.63) is 39.4 Å². The van der Waals surface area contributed by atoms with Crippen LogP contribution in [0.25, 0.3) is 0 Å². The molecule has 1 aromatic carbocycles. The lowest BCUT2D eigenvalue weighted by Crippen LogP contribution is -2.20. The van der Waals surface area contributed by atoms with Crippen molar-refractivity contribution < 1.29 is 14.5 Å². The molecule has 6 nitrogen and oxygen atoms in total. The molecule has 0 aliphatic carbocycles. The van der Waals surface area contributed by atoms with Crippen molar-refractivity contribution in [3.63, 3.8) is 0 Å². The Morgan fingerprint density at radius 3 is 2.85 bits per heavy atom. The molecule has 1 fully saturated rings. The molecule has 108 valence electrons. The maximum atomic E-state index is 11.6. The van der Waals surface area contributed by atoms with E-state index < -0.39 is 10.9 Å². The van der Waals surface area contributed by atoms with Crippen LogP contribution in [0.1, 0.15) is 29.3 Å². The van der Waals surface area contributed by atoms with Gasteiger partial charge in [0.05, 0.1) is 12.0 Å². The number of nitro groups is 1. The Balaban J connectivity index is 2.23. The van der Waals surface area contributed by atoms with Gasteiger partial charge in [-0.25, -0.2) is 4.79 Å². The Kier molecular flexibility index (Phi) is 4.34. The predicted octanol–water partition coefficient (Wildman–Crippen LogP) is 2.22. The molecule has 1 atom stereocenters. The minimum Gasteiger partial charge on any atom is -0.465 e. The molecule has 6 heteroatoms. The number of hydrogen-bond donors (Lipinski definition) is 0. The molecule has 0 aromatic heterocycles. The van der Waals surface area contributed by atoms with E-state index in [1.54, 1.807) is 12.1 Å². The topological polar surface area (TPSA) is 72.7 Å². The van der Waals surface area contributed by atoms with Crippen LogP contribution in [-0.4, -0.2) is 36.0 Å². The molecule has 1 saturated heterocycles. The van der Waals surface area contributed by atoms with E-state index in [2.05, 4.69) is 16.6 Å². The average molecular weight is 278 g/mol. The molecule has 2 rings (SSSR count). The summed E-state index contributed by atoms with van der Waals surface area (Å²) >= 11 is 0. The van der Waals surface area contributed by atoms with Crippen molar-refractivity contribution in [2.24, 2.45) is 5.92 Å². The van der Waals surface area contributed by atoms with Gasteiger partial charge in [0.15, 0.2) is 0 Å². The zero-order chi connectivity index (χ0) is 14.7. The quantitative estimate of drug-likeness (QED) is 0.479. The monoisotopic (exact) mass is 278 g/mol. The van der Waals surface area contributed by atoms with Gasteiger partial charge in [-0.3, -0.25) is 15.0 Å². The van der Waals surface area contributed by atoms with E-state index in [4.69, 9.17) is 0 Å². The summed E-state index contributed by atoms with van der Waals surface area (Å²) in [5.74, 6) is 0.00136. The number of rotatable bonds is 4. The third-order valence-corrected chi connectivity index (χ3v) is 3.58. The zero-order valence-electron chi connectivity index (χ0n) is 11.7.